The molecule has 0 saturated carbocycles. The highest BCUT2D eigenvalue weighted by Crippen LogP contribution is 2.36. The first-order valence-electron chi connectivity index (χ1n) is 10.8. The van der Waals surface area contributed by atoms with Crippen molar-refractivity contribution in [2.24, 2.45) is 0 Å². The molecule has 1 aliphatic rings. The lowest BCUT2D eigenvalue weighted by Crippen LogP contribution is -2.66. The van der Waals surface area contributed by atoms with Crippen LogP contribution in [0.15, 0.2) is 54.7 Å². The van der Waals surface area contributed by atoms with Gasteiger partial charge in [0.05, 0.1) is 5.69 Å². The third-order valence-corrected chi connectivity index (χ3v) is 5.99. The van der Waals surface area contributed by atoms with Gasteiger partial charge in [0.25, 0.3) is 5.78 Å². The van der Waals surface area contributed by atoms with E-state index in [2.05, 4.69) is 16.9 Å². The summed E-state index contributed by atoms with van der Waals surface area (Å²) >= 11 is 0. The maximum absolute atomic E-state index is 15.0. The van der Waals surface area contributed by atoms with Crippen LogP contribution < -0.4 is 4.90 Å². The fraction of sp³-hybridized carbons (Fsp3) is 0.231. The van der Waals surface area contributed by atoms with Crippen LogP contribution in [0.3, 0.4) is 0 Å². The molecule has 7 nitrogen and oxygen atoms in total. The number of urea groups is 1. The summed E-state index contributed by atoms with van der Waals surface area (Å²) in [4.78, 5) is 40.6. The van der Waals surface area contributed by atoms with Crippen molar-refractivity contribution in [3.63, 3.8) is 0 Å². The number of amides is 3. The number of rotatable bonds is 3. The largest absolute Gasteiger partial charge is 0.332 e. The lowest BCUT2D eigenvalue weighted by Gasteiger charge is -2.42. The van der Waals surface area contributed by atoms with Gasteiger partial charge >= 0.3 is 11.9 Å². The predicted molar refractivity (Wildman–Crippen MR) is 124 cm³/mol. The SMILES string of the molecule is CC(C)n1ccc([C@@]2(C)C(=O)C(=O)N(c3c(F)cc(C#Cc4ccccc4)cc3F)C(=O)N2C)n1. The van der Waals surface area contributed by atoms with Gasteiger partial charge < -0.3 is 4.90 Å². The van der Waals surface area contributed by atoms with Gasteiger partial charge in [0, 0.05) is 30.4 Å². The third kappa shape index (κ3) is 3.97. The second-order valence-electron chi connectivity index (χ2n) is 8.56. The summed E-state index contributed by atoms with van der Waals surface area (Å²) in [5.74, 6) is 0.650. The zero-order valence-corrected chi connectivity index (χ0v) is 19.5. The molecule has 0 spiro atoms. The molecule has 1 saturated heterocycles. The number of benzene rings is 2. The lowest BCUT2D eigenvalue weighted by molar-refractivity contribution is -0.144. The highest BCUT2D eigenvalue weighted by atomic mass is 19.1. The van der Waals surface area contributed by atoms with Crippen molar-refractivity contribution in [2.45, 2.75) is 32.4 Å². The Morgan fingerprint density at radius 1 is 0.943 bits per heavy atom. The van der Waals surface area contributed by atoms with Crippen molar-refractivity contribution in [1.82, 2.24) is 14.7 Å². The first-order valence-corrected chi connectivity index (χ1v) is 10.8. The van der Waals surface area contributed by atoms with Crippen LogP contribution in [0.5, 0.6) is 0 Å². The van der Waals surface area contributed by atoms with Gasteiger partial charge in [-0.3, -0.25) is 14.3 Å². The third-order valence-electron chi connectivity index (χ3n) is 5.99. The van der Waals surface area contributed by atoms with Crippen molar-refractivity contribution in [1.29, 1.82) is 0 Å². The number of likely N-dealkylation sites (N-methyl/N-ethyl adjacent to an activating group) is 1. The van der Waals surface area contributed by atoms with Crippen molar-refractivity contribution in [3.8, 4) is 11.8 Å². The number of carbonyl (C=O) groups is 3. The average Bonchev–Trinajstić information content (AvgIpc) is 3.34. The van der Waals surface area contributed by atoms with Gasteiger partial charge in [-0.25, -0.2) is 18.5 Å². The minimum atomic E-state index is -1.74. The molecule has 9 heteroatoms. The van der Waals surface area contributed by atoms with Gasteiger partial charge in [0.15, 0.2) is 17.2 Å². The lowest BCUT2D eigenvalue weighted by atomic mass is 9.87. The van der Waals surface area contributed by atoms with Crippen LogP contribution in [0.25, 0.3) is 0 Å². The molecule has 1 fully saturated rings. The maximum atomic E-state index is 15.0. The molecule has 3 amide bonds. The highest BCUT2D eigenvalue weighted by Gasteiger charge is 2.55. The van der Waals surface area contributed by atoms with E-state index in [9.17, 15) is 14.4 Å². The summed E-state index contributed by atoms with van der Waals surface area (Å²) in [6, 6.07) is 11.1. The van der Waals surface area contributed by atoms with Gasteiger partial charge in [-0.2, -0.15) is 5.10 Å². The fourth-order valence-electron chi connectivity index (χ4n) is 3.78. The van der Waals surface area contributed by atoms with Crippen LogP contribution >= 0.6 is 0 Å². The van der Waals surface area contributed by atoms with Crippen molar-refractivity contribution in [3.05, 3.63) is 83.2 Å². The Hall–Kier alpha value is -4.32. The molecule has 2 heterocycles. The molecule has 35 heavy (non-hydrogen) atoms. The van der Waals surface area contributed by atoms with Crippen LogP contribution in [-0.2, 0) is 15.1 Å². The predicted octanol–water partition coefficient (Wildman–Crippen LogP) is 4.02. The zero-order chi connectivity index (χ0) is 25.5. The number of carbonyl (C=O) groups excluding carboxylic acids is 3. The monoisotopic (exact) mass is 476 g/mol. The number of aromatic nitrogens is 2. The first kappa shape index (κ1) is 23.8. The molecule has 0 radical (unpaired) electrons. The molecule has 0 unspecified atom stereocenters. The van der Waals surface area contributed by atoms with Gasteiger partial charge in [0.1, 0.15) is 5.69 Å². The molecular weight excluding hydrogens is 454 g/mol. The van der Waals surface area contributed by atoms with Crippen LogP contribution in [0.4, 0.5) is 19.3 Å². The van der Waals surface area contributed by atoms with Crippen molar-refractivity contribution in [2.75, 3.05) is 11.9 Å². The van der Waals surface area contributed by atoms with Gasteiger partial charge in [-0.1, -0.05) is 30.0 Å². The van der Waals surface area contributed by atoms with E-state index in [-0.39, 0.29) is 22.2 Å². The first-order chi connectivity index (χ1) is 16.6. The molecular formula is C26H22F2N4O3. The van der Waals surface area contributed by atoms with E-state index in [0.29, 0.717) is 5.56 Å². The summed E-state index contributed by atoms with van der Waals surface area (Å²) in [7, 11) is 1.28. The molecule has 4 rings (SSSR count). The van der Waals surface area contributed by atoms with Crippen LogP contribution in [-0.4, -0.2) is 39.4 Å². The number of imide groups is 1. The maximum Gasteiger partial charge on any atom is 0.332 e. The van der Waals surface area contributed by atoms with Crippen LogP contribution in [0, 0.1) is 23.5 Å². The van der Waals surface area contributed by atoms with Crippen molar-refractivity contribution < 1.29 is 23.2 Å². The van der Waals surface area contributed by atoms with E-state index < -0.39 is 40.6 Å². The van der Waals surface area contributed by atoms with Gasteiger partial charge in [-0.15, -0.1) is 0 Å². The van der Waals surface area contributed by atoms with Crippen LogP contribution in [0.2, 0.25) is 0 Å². The minimum Gasteiger partial charge on any atom is -0.308 e. The molecule has 1 aliphatic heterocycles. The molecule has 0 bridgehead atoms. The molecule has 2 aromatic carbocycles. The van der Waals surface area contributed by atoms with E-state index in [1.807, 2.05) is 19.9 Å². The van der Waals surface area contributed by atoms with Gasteiger partial charge in [-0.05, 0) is 51.1 Å². The van der Waals surface area contributed by atoms with Gasteiger partial charge in [0.2, 0.25) is 0 Å². The number of Topliss-reactive ketones (excluding diaryl/α,β-unsaturated/α-hetero) is 1. The normalized spacial score (nSPS) is 18.2. The quantitative estimate of drug-likeness (QED) is 0.423. The van der Waals surface area contributed by atoms with E-state index in [0.717, 1.165) is 17.0 Å². The number of hydrogen-bond acceptors (Lipinski definition) is 4. The topological polar surface area (TPSA) is 75.5 Å². The van der Waals surface area contributed by atoms with Crippen molar-refractivity contribution >= 4 is 23.4 Å². The van der Waals surface area contributed by atoms with E-state index in [1.165, 1.54) is 20.0 Å². The molecule has 178 valence electrons. The van der Waals surface area contributed by atoms with E-state index >= 15 is 8.78 Å². The highest BCUT2D eigenvalue weighted by molar-refractivity contribution is 6.50. The molecule has 1 aromatic heterocycles. The van der Waals surface area contributed by atoms with E-state index in [4.69, 9.17) is 0 Å². The Morgan fingerprint density at radius 3 is 2.11 bits per heavy atom. The minimum absolute atomic E-state index is 0.00764. The second-order valence-corrected chi connectivity index (χ2v) is 8.56. The number of nitrogens with zero attached hydrogens (tertiary/aromatic N) is 4. The zero-order valence-electron chi connectivity index (χ0n) is 19.5. The average molecular weight is 476 g/mol. The number of halogens is 2. The Bertz CT molecular complexity index is 1380. The number of ketones is 1. The standard InChI is InChI=1S/C26H22F2N4O3/c1-16(2)31-13-12-21(29-31)26(3)23(33)24(34)32(25(35)30(26)4)22-19(27)14-18(15-20(22)28)11-10-17-8-6-5-7-9-17/h5-9,12-16H,1-4H3/t26-/m0/s1. The fourth-order valence-corrected chi connectivity index (χ4v) is 3.78. The second kappa shape index (κ2) is 8.80. The Morgan fingerprint density at radius 2 is 1.54 bits per heavy atom. The molecule has 0 aliphatic carbocycles. The summed E-state index contributed by atoms with van der Waals surface area (Å²) in [5, 5.41) is 4.33. The summed E-state index contributed by atoms with van der Waals surface area (Å²) < 4.78 is 31.6. The Kier molecular flexibility index (Phi) is 5.99. The molecule has 1 atom stereocenters. The molecule has 0 N–H and O–H groups in total. The Balaban J connectivity index is 1.71. The summed E-state index contributed by atoms with van der Waals surface area (Å²) in [6.45, 7) is 5.14. The number of hydrogen-bond donors (Lipinski definition) is 0. The van der Waals surface area contributed by atoms with Crippen LogP contribution in [0.1, 0.15) is 43.6 Å². The smallest absolute Gasteiger partial charge is 0.308 e. The molecule has 3 aromatic rings. The number of anilines is 1. The van der Waals surface area contributed by atoms with E-state index in [1.54, 1.807) is 35.1 Å². The summed E-state index contributed by atoms with van der Waals surface area (Å²) in [5.41, 5.74) is -1.84. The Labute approximate surface area is 200 Å². The summed E-state index contributed by atoms with van der Waals surface area (Å²) in [6.07, 6.45) is 1.63.